The number of hydrogen-bond donors (Lipinski definition) is 1. The molecule has 4 nitrogen and oxygen atoms in total. The van der Waals surface area contributed by atoms with Gasteiger partial charge in [-0.05, 0) is 35.4 Å². The average Bonchev–Trinajstić information content (AvgIpc) is 2.90. The van der Waals surface area contributed by atoms with Gasteiger partial charge in [0.2, 0.25) is 0 Å². The molecule has 0 bridgehead atoms. The third kappa shape index (κ3) is 3.03. The maximum atomic E-state index is 12.3. The van der Waals surface area contributed by atoms with Gasteiger partial charge < -0.3 is 15.0 Å². The van der Waals surface area contributed by atoms with Gasteiger partial charge in [0.1, 0.15) is 5.75 Å². The molecule has 108 valence electrons. The average molecular weight is 347 g/mol. The highest BCUT2D eigenvalue weighted by Gasteiger charge is 2.23. The van der Waals surface area contributed by atoms with Crippen LogP contribution in [0.15, 0.2) is 46.9 Å². The first kappa shape index (κ1) is 13.9. The van der Waals surface area contributed by atoms with Crippen LogP contribution < -0.4 is 10.1 Å². The van der Waals surface area contributed by atoms with Crippen molar-refractivity contribution in [1.29, 1.82) is 0 Å². The van der Waals surface area contributed by atoms with E-state index in [4.69, 9.17) is 4.74 Å². The Bertz CT molecular complexity index is 688. The maximum Gasteiger partial charge on any atom is 0.322 e. The Morgan fingerprint density at radius 1 is 1.19 bits per heavy atom. The van der Waals surface area contributed by atoms with Crippen LogP contribution in [0.4, 0.5) is 10.5 Å². The number of nitrogens with one attached hydrogen (secondary N) is 1. The zero-order chi connectivity index (χ0) is 14.8. The smallest absolute Gasteiger partial charge is 0.322 e. The molecule has 3 rings (SSSR count). The third-order valence-electron chi connectivity index (χ3n) is 3.50. The number of methoxy groups -OCH3 is 1. The summed E-state index contributed by atoms with van der Waals surface area (Å²) in [4.78, 5) is 14.1. The minimum Gasteiger partial charge on any atom is -0.497 e. The molecule has 2 aromatic rings. The van der Waals surface area contributed by atoms with Gasteiger partial charge in [-0.15, -0.1) is 0 Å². The van der Waals surface area contributed by atoms with Crippen LogP contribution in [0.1, 0.15) is 11.1 Å². The first-order valence-electron chi connectivity index (χ1n) is 6.63. The van der Waals surface area contributed by atoms with Gasteiger partial charge in [-0.2, -0.15) is 0 Å². The molecule has 0 aliphatic carbocycles. The second kappa shape index (κ2) is 5.77. The minimum absolute atomic E-state index is 0.101. The lowest BCUT2D eigenvalue weighted by molar-refractivity contribution is 0.212. The summed E-state index contributed by atoms with van der Waals surface area (Å²) in [6.45, 7) is 1.27. The van der Waals surface area contributed by atoms with Crippen molar-refractivity contribution in [2.24, 2.45) is 0 Å². The van der Waals surface area contributed by atoms with Crippen LogP contribution in [-0.4, -0.2) is 18.0 Å². The van der Waals surface area contributed by atoms with Crippen molar-refractivity contribution in [3.05, 3.63) is 58.1 Å². The van der Waals surface area contributed by atoms with E-state index >= 15 is 0 Å². The van der Waals surface area contributed by atoms with Crippen LogP contribution in [-0.2, 0) is 13.1 Å². The van der Waals surface area contributed by atoms with Gasteiger partial charge >= 0.3 is 6.03 Å². The van der Waals surface area contributed by atoms with Crippen molar-refractivity contribution in [2.75, 3.05) is 12.4 Å². The lowest BCUT2D eigenvalue weighted by atomic mass is 10.1. The van der Waals surface area contributed by atoms with Gasteiger partial charge in [-0.25, -0.2) is 4.79 Å². The van der Waals surface area contributed by atoms with Crippen LogP contribution in [0.25, 0.3) is 0 Å². The maximum absolute atomic E-state index is 12.3. The van der Waals surface area contributed by atoms with E-state index in [9.17, 15) is 4.79 Å². The lowest BCUT2D eigenvalue weighted by Gasteiger charge is -2.16. The number of halogens is 1. The second-order valence-corrected chi connectivity index (χ2v) is 5.85. The van der Waals surface area contributed by atoms with Gasteiger partial charge in [0.15, 0.2) is 0 Å². The summed E-state index contributed by atoms with van der Waals surface area (Å²) in [5.41, 5.74) is 3.11. The van der Waals surface area contributed by atoms with Gasteiger partial charge in [-0.1, -0.05) is 28.1 Å². The number of anilines is 1. The summed E-state index contributed by atoms with van der Waals surface area (Å²) in [5, 5.41) is 2.90. The highest BCUT2D eigenvalue weighted by Crippen LogP contribution is 2.26. The molecule has 1 N–H and O–H groups in total. The Morgan fingerprint density at radius 3 is 2.81 bits per heavy atom. The number of fused-ring (bicyclic) bond motifs is 1. The second-order valence-electron chi connectivity index (χ2n) is 4.93. The topological polar surface area (TPSA) is 41.6 Å². The summed E-state index contributed by atoms with van der Waals surface area (Å²) >= 11 is 3.46. The molecule has 2 aromatic carbocycles. The molecular formula is C16H15BrN2O2. The predicted octanol–water partition coefficient (Wildman–Crippen LogP) is 4.01. The molecule has 0 unspecified atom stereocenters. The monoisotopic (exact) mass is 346 g/mol. The molecule has 21 heavy (non-hydrogen) atoms. The van der Waals surface area contributed by atoms with E-state index in [1.807, 2.05) is 24.3 Å². The number of rotatable bonds is 2. The molecular weight excluding hydrogens is 332 g/mol. The number of benzene rings is 2. The van der Waals surface area contributed by atoms with Crippen molar-refractivity contribution in [1.82, 2.24) is 4.90 Å². The number of urea groups is 1. The number of hydrogen-bond acceptors (Lipinski definition) is 2. The normalized spacial score (nSPS) is 13.0. The number of carbonyl (C=O) groups excluding carboxylic acids is 1. The van der Waals surface area contributed by atoms with E-state index in [1.54, 1.807) is 18.1 Å². The summed E-state index contributed by atoms with van der Waals surface area (Å²) < 4.78 is 6.19. The van der Waals surface area contributed by atoms with Crippen LogP contribution in [0, 0.1) is 0 Å². The largest absolute Gasteiger partial charge is 0.497 e. The van der Waals surface area contributed by atoms with Crippen LogP contribution in [0.3, 0.4) is 0 Å². The first-order chi connectivity index (χ1) is 10.2. The fourth-order valence-electron chi connectivity index (χ4n) is 2.41. The van der Waals surface area contributed by atoms with E-state index in [1.165, 1.54) is 11.1 Å². The number of carbonyl (C=O) groups is 1. The van der Waals surface area contributed by atoms with E-state index in [0.29, 0.717) is 13.1 Å². The summed E-state index contributed by atoms with van der Waals surface area (Å²) in [6, 6.07) is 13.4. The van der Waals surface area contributed by atoms with E-state index in [-0.39, 0.29) is 6.03 Å². The van der Waals surface area contributed by atoms with Crippen molar-refractivity contribution in [3.8, 4) is 5.75 Å². The Balaban J connectivity index is 1.70. The molecule has 0 spiro atoms. The molecule has 5 heteroatoms. The number of ether oxygens (including phenoxy) is 1. The first-order valence-corrected chi connectivity index (χ1v) is 7.42. The van der Waals surface area contributed by atoms with Crippen LogP contribution in [0.5, 0.6) is 5.75 Å². The molecule has 0 saturated carbocycles. The summed E-state index contributed by atoms with van der Waals surface area (Å²) in [5.74, 6) is 0.724. The fraction of sp³-hybridized carbons (Fsp3) is 0.188. The van der Waals surface area contributed by atoms with Crippen LogP contribution >= 0.6 is 15.9 Å². The third-order valence-corrected chi connectivity index (χ3v) is 3.99. The Labute approximate surface area is 131 Å². The van der Waals surface area contributed by atoms with E-state index in [0.717, 1.165) is 15.9 Å². The molecule has 0 radical (unpaired) electrons. The van der Waals surface area contributed by atoms with Crippen molar-refractivity contribution >= 4 is 27.6 Å². The Hall–Kier alpha value is -2.01. The van der Waals surface area contributed by atoms with Gasteiger partial charge in [0, 0.05) is 29.3 Å². The minimum atomic E-state index is -0.101. The zero-order valence-electron chi connectivity index (χ0n) is 11.6. The van der Waals surface area contributed by atoms with Gasteiger partial charge in [0.25, 0.3) is 0 Å². The molecule has 0 saturated heterocycles. The molecule has 0 aromatic heterocycles. The van der Waals surface area contributed by atoms with Crippen molar-refractivity contribution < 1.29 is 9.53 Å². The number of nitrogens with zero attached hydrogens (tertiary/aromatic N) is 1. The summed E-state index contributed by atoms with van der Waals surface area (Å²) in [6.07, 6.45) is 0. The van der Waals surface area contributed by atoms with Gasteiger partial charge in [0.05, 0.1) is 7.11 Å². The lowest BCUT2D eigenvalue weighted by Crippen LogP contribution is -2.30. The standard InChI is InChI=1S/C16H15BrN2O2/c1-21-15-4-2-3-14(8-15)18-16(20)19-9-11-5-6-13(17)7-12(11)10-19/h2-8H,9-10H2,1H3,(H,18,20). The van der Waals surface area contributed by atoms with Crippen LogP contribution in [0.2, 0.25) is 0 Å². The van der Waals surface area contributed by atoms with E-state index in [2.05, 4.69) is 33.4 Å². The molecule has 0 fully saturated rings. The predicted molar refractivity (Wildman–Crippen MR) is 85.4 cm³/mol. The molecule has 2 amide bonds. The van der Waals surface area contributed by atoms with Crippen molar-refractivity contribution in [3.63, 3.8) is 0 Å². The highest BCUT2D eigenvalue weighted by molar-refractivity contribution is 9.10. The van der Waals surface area contributed by atoms with E-state index < -0.39 is 0 Å². The SMILES string of the molecule is COc1cccc(NC(=O)N2Cc3ccc(Br)cc3C2)c1. The molecule has 0 atom stereocenters. The molecule has 1 aliphatic heterocycles. The Morgan fingerprint density at radius 2 is 2.00 bits per heavy atom. The number of amides is 2. The Kier molecular flexibility index (Phi) is 3.84. The molecule has 1 aliphatic rings. The fourth-order valence-corrected chi connectivity index (χ4v) is 2.82. The molecule has 1 heterocycles. The zero-order valence-corrected chi connectivity index (χ0v) is 13.2. The van der Waals surface area contributed by atoms with Crippen molar-refractivity contribution in [2.45, 2.75) is 13.1 Å². The summed E-state index contributed by atoms with van der Waals surface area (Å²) in [7, 11) is 1.61. The highest BCUT2D eigenvalue weighted by atomic mass is 79.9. The quantitative estimate of drug-likeness (QED) is 0.892. The van der Waals surface area contributed by atoms with Gasteiger partial charge in [-0.3, -0.25) is 0 Å².